The Kier molecular flexibility index (Phi) is 4.81. The fraction of sp³-hybridized carbons (Fsp3) is 0.385. The van der Waals surface area contributed by atoms with Crippen LogP contribution in [0.1, 0.15) is 19.4 Å². The first kappa shape index (κ1) is 14.6. The first-order valence-electron chi connectivity index (χ1n) is 5.57. The van der Waals surface area contributed by atoms with Gasteiger partial charge in [-0.3, -0.25) is 4.79 Å². The summed E-state index contributed by atoms with van der Waals surface area (Å²) in [7, 11) is 1.63. The average molecular weight is 266 g/mol. The monoisotopic (exact) mass is 266 g/mol. The molecule has 1 aromatic carbocycles. The maximum atomic E-state index is 12.0. The molecule has 0 aliphatic heterocycles. The van der Waals surface area contributed by atoms with Gasteiger partial charge in [0, 0.05) is 12.8 Å². The Morgan fingerprint density at radius 2 is 2.17 bits per heavy atom. The molecule has 3 N–H and O–H groups in total. The van der Waals surface area contributed by atoms with Gasteiger partial charge in [-0.25, -0.2) is 0 Å². The van der Waals surface area contributed by atoms with Gasteiger partial charge in [-0.1, -0.05) is 24.4 Å². The van der Waals surface area contributed by atoms with Gasteiger partial charge in [-0.2, -0.15) is 0 Å². The van der Waals surface area contributed by atoms with Gasteiger partial charge in [0.15, 0.2) is 0 Å². The summed E-state index contributed by atoms with van der Waals surface area (Å²) in [6.07, 6.45) is 0. The van der Waals surface area contributed by atoms with Crippen LogP contribution in [0.5, 0.6) is 0 Å². The summed E-state index contributed by atoms with van der Waals surface area (Å²) in [6.45, 7) is 3.90. The molecule has 0 fully saturated rings. The van der Waals surface area contributed by atoms with Crippen molar-refractivity contribution >= 4 is 28.8 Å². The molecule has 0 aliphatic carbocycles. The highest BCUT2D eigenvalue weighted by atomic mass is 32.1. The van der Waals surface area contributed by atoms with Gasteiger partial charge in [0.2, 0.25) is 5.91 Å². The van der Waals surface area contributed by atoms with Crippen molar-refractivity contribution in [3.05, 3.63) is 29.8 Å². The van der Waals surface area contributed by atoms with E-state index >= 15 is 0 Å². The van der Waals surface area contributed by atoms with Crippen LogP contribution in [0.3, 0.4) is 0 Å². The van der Waals surface area contributed by atoms with Crippen molar-refractivity contribution < 1.29 is 9.53 Å². The zero-order valence-corrected chi connectivity index (χ0v) is 11.6. The normalized spacial score (nSPS) is 11.1. The second kappa shape index (κ2) is 5.93. The van der Waals surface area contributed by atoms with E-state index in [0.717, 1.165) is 5.56 Å². The van der Waals surface area contributed by atoms with Crippen LogP contribution in [0, 0.1) is 5.41 Å². The zero-order chi connectivity index (χ0) is 13.8. The lowest BCUT2D eigenvalue weighted by atomic mass is 9.92. The maximum Gasteiger partial charge on any atom is 0.236 e. The summed E-state index contributed by atoms with van der Waals surface area (Å²) >= 11 is 4.89. The number of methoxy groups -OCH3 is 1. The lowest BCUT2D eigenvalue weighted by molar-refractivity contribution is -0.121. The molecule has 0 unspecified atom stereocenters. The molecule has 0 saturated carbocycles. The highest BCUT2D eigenvalue weighted by Gasteiger charge is 2.30. The number of rotatable bonds is 5. The third-order valence-corrected chi connectivity index (χ3v) is 3.19. The van der Waals surface area contributed by atoms with Gasteiger partial charge in [0.1, 0.15) is 0 Å². The van der Waals surface area contributed by atoms with Crippen molar-refractivity contribution in [1.82, 2.24) is 0 Å². The van der Waals surface area contributed by atoms with E-state index in [4.69, 9.17) is 22.7 Å². The first-order valence-corrected chi connectivity index (χ1v) is 5.98. The van der Waals surface area contributed by atoms with E-state index in [0.29, 0.717) is 12.3 Å². The number of ether oxygens (including phenoxy) is 1. The smallest absolute Gasteiger partial charge is 0.236 e. The second-order valence-electron chi connectivity index (χ2n) is 4.58. The molecule has 5 heteroatoms. The van der Waals surface area contributed by atoms with Crippen LogP contribution in [0.4, 0.5) is 5.69 Å². The Hall–Kier alpha value is -1.46. The molecule has 1 amide bonds. The highest BCUT2D eigenvalue weighted by molar-refractivity contribution is 7.80. The molecule has 0 bridgehead atoms. The molecular weight excluding hydrogens is 248 g/mol. The van der Waals surface area contributed by atoms with E-state index in [1.165, 1.54) is 0 Å². The number of nitrogens with two attached hydrogens (primary N) is 1. The number of hydrogen-bond donors (Lipinski definition) is 2. The third kappa shape index (κ3) is 3.51. The molecule has 1 rings (SSSR count). The summed E-state index contributed by atoms with van der Waals surface area (Å²) in [5.41, 5.74) is 6.38. The van der Waals surface area contributed by atoms with Gasteiger partial charge >= 0.3 is 0 Å². The maximum absolute atomic E-state index is 12.0. The lowest BCUT2D eigenvalue weighted by Gasteiger charge is -2.22. The van der Waals surface area contributed by atoms with Gasteiger partial charge in [-0.15, -0.1) is 0 Å². The molecule has 98 valence electrons. The largest absolute Gasteiger partial charge is 0.392 e. The summed E-state index contributed by atoms with van der Waals surface area (Å²) in [4.78, 5) is 12.2. The number of nitrogens with one attached hydrogen (secondary N) is 1. The van der Waals surface area contributed by atoms with Gasteiger partial charge in [-0.05, 0) is 31.5 Å². The van der Waals surface area contributed by atoms with Crippen molar-refractivity contribution in [2.45, 2.75) is 20.5 Å². The number of anilines is 1. The minimum absolute atomic E-state index is 0.174. The Morgan fingerprint density at radius 1 is 1.50 bits per heavy atom. The molecule has 0 aliphatic rings. The minimum atomic E-state index is -0.868. The Balaban J connectivity index is 2.82. The van der Waals surface area contributed by atoms with Crippen molar-refractivity contribution in [2.24, 2.45) is 11.1 Å². The number of hydrogen-bond acceptors (Lipinski definition) is 3. The topological polar surface area (TPSA) is 64.3 Å². The molecule has 4 nitrogen and oxygen atoms in total. The highest BCUT2D eigenvalue weighted by Crippen LogP contribution is 2.19. The Bertz CT molecular complexity index is 458. The van der Waals surface area contributed by atoms with Crippen molar-refractivity contribution in [1.29, 1.82) is 0 Å². The number of carbonyl (C=O) groups is 1. The van der Waals surface area contributed by atoms with Crippen LogP contribution >= 0.6 is 12.2 Å². The van der Waals surface area contributed by atoms with Crippen LogP contribution in [-0.4, -0.2) is 18.0 Å². The van der Waals surface area contributed by atoms with Crippen LogP contribution in [-0.2, 0) is 16.1 Å². The summed E-state index contributed by atoms with van der Waals surface area (Å²) in [5, 5.41) is 2.80. The van der Waals surface area contributed by atoms with Crippen molar-refractivity contribution in [2.75, 3.05) is 12.4 Å². The van der Waals surface area contributed by atoms with Crippen LogP contribution in [0.15, 0.2) is 24.3 Å². The summed E-state index contributed by atoms with van der Waals surface area (Å²) in [5.74, 6) is -0.218. The summed E-state index contributed by atoms with van der Waals surface area (Å²) < 4.78 is 5.04. The van der Waals surface area contributed by atoms with E-state index < -0.39 is 5.41 Å². The predicted molar refractivity (Wildman–Crippen MR) is 76.4 cm³/mol. The quantitative estimate of drug-likeness (QED) is 0.801. The lowest BCUT2D eigenvalue weighted by Crippen LogP contribution is -2.41. The van der Waals surface area contributed by atoms with Crippen LogP contribution in [0.25, 0.3) is 0 Å². The van der Waals surface area contributed by atoms with Gasteiger partial charge in [0.25, 0.3) is 0 Å². The van der Waals surface area contributed by atoms with Crippen LogP contribution in [0.2, 0.25) is 0 Å². The molecule has 0 radical (unpaired) electrons. The van der Waals surface area contributed by atoms with Gasteiger partial charge in [0.05, 0.1) is 17.0 Å². The number of benzene rings is 1. The number of thiocarbonyl (C=S) groups is 1. The average Bonchev–Trinajstić information content (AvgIpc) is 2.29. The van der Waals surface area contributed by atoms with E-state index in [9.17, 15) is 4.79 Å². The molecule has 1 aromatic rings. The van der Waals surface area contributed by atoms with E-state index in [-0.39, 0.29) is 10.9 Å². The second-order valence-corrected chi connectivity index (χ2v) is 5.02. The van der Waals surface area contributed by atoms with Crippen LogP contribution < -0.4 is 11.1 Å². The summed E-state index contributed by atoms with van der Waals surface area (Å²) in [6, 6.07) is 7.46. The predicted octanol–water partition coefficient (Wildman–Crippen LogP) is 2.08. The SMILES string of the molecule is COCc1cccc(NC(=O)C(C)(C)C(N)=S)c1. The standard InChI is InChI=1S/C13H18N2O2S/c1-13(2,11(14)18)12(16)15-10-6-4-5-9(7-10)8-17-3/h4-7H,8H2,1-3H3,(H2,14,18)(H,15,16). The molecule has 0 spiro atoms. The van der Waals surface area contributed by atoms with E-state index in [2.05, 4.69) is 5.32 Å². The third-order valence-electron chi connectivity index (χ3n) is 2.68. The Labute approximate surface area is 113 Å². The number of amides is 1. The molecule has 0 heterocycles. The number of carbonyl (C=O) groups excluding carboxylic acids is 1. The molecule has 0 saturated heterocycles. The Morgan fingerprint density at radius 3 is 2.72 bits per heavy atom. The first-order chi connectivity index (χ1) is 8.37. The molecule has 0 atom stereocenters. The zero-order valence-electron chi connectivity index (χ0n) is 10.8. The molecular formula is C13H18N2O2S. The van der Waals surface area contributed by atoms with Crippen molar-refractivity contribution in [3.8, 4) is 0 Å². The van der Waals surface area contributed by atoms with E-state index in [1.807, 2.05) is 24.3 Å². The minimum Gasteiger partial charge on any atom is -0.392 e. The molecule has 0 aromatic heterocycles. The molecule has 18 heavy (non-hydrogen) atoms. The van der Waals surface area contributed by atoms with Gasteiger partial charge < -0.3 is 15.8 Å². The fourth-order valence-corrected chi connectivity index (χ4v) is 1.40. The van der Waals surface area contributed by atoms with Crippen molar-refractivity contribution in [3.63, 3.8) is 0 Å². The van der Waals surface area contributed by atoms with E-state index in [1.54, 1.807) is 21.0 Å². The fourth-order valence-electron chi connectivity index (χ4n) is 1.30.